The number of aromatic amines is 1. The van der Waals surface area contributed by atoms with Crippen LogP contribution in [0.5, 0.6) is 0 Å². The van der Waals surface area contributed by atoms with Crippen molar-refractivity contribution in [3.05, 3.63) is 83.2 Å². The number of rotatable bonds is 6. The molecule has 1 saturated carbocycles. The summed E-state index contributed by atoms with van der Waals surface area (Å²) in [6.07, 6.45) is 11.2. The van der Waals surface area contributed by atoms with Crippen molar-refractivity contribution >= 4 is 0 Å². The van der Waals surface area contributed by atoms with E-state index in [9.17, 15) is 0 Å². The number of hydrogen-bond acceptors (Lipinski definition) is 3. The molecule has 0 radical (unpaired) electrons. The van der Waals surface area contributed by atoms with E-state index in [2.05, 4.69) is 58.4 Å². The molecule has 1 atom stereocenters. The minimum absolute atomic E-state index is 0.0303. The second-order valence-corrected chi connectivity index (χ2v) is 7.51. The van der Waals surface area contributed by atoms with Crippen LogP contribution in [0.3, 0.4) is 0 Å². The molecule has 0 saturated heterocycles. The van der Waals surface area contributed by atoms with E-state index in [1.807, 2.05) is 30.9 Å². The fraction of sp³-hybridized carbons (Fsp3) is 0.364. The topological polar surface area (TPSA) is 53.6 Å². The van der Waals surface area contributed by atoms with Gasteiger partial charge in [0.15, 0.2) is 0 Å². The largest absolute Gasteiger partial charge is 0.347 e. The van der Waals surface area contributed by atoms with Gasteiger partial charge >= 0.3 is 0 Å². The highest BCUT2D eigenvalue weighted by Gasteiger charge is 2.39. The van der Waals surface area contributed by atoms with E-state index in [-0.39, 0.29) is 11.5 Å². The number of hydrogen-bond donors (Lipinski definition) is 2. The van der Waals surface area contributed by atoms with E-state index in [1.165, 1.54) is 36.0 Å². The monoisotopic (exact) mass is 346 g/mol. The molecular weight excluding hydrogens is 320 g/mol. The molecule has 0 bridgehead atoms. The molecular formula is C22H26N4. The summed E-state index contributed by atoms with van der Waals surface area (Å²) in [5.41, 5.74) is 5.57. The first kappa shape index (κ1) is 17.0. The molecule has 0 aliphatic heterocycles. The highest BCUT2D eigenvalue weighted by molar-refractivity contribution is 5.36. The van der Waals surface area contributed by atoms with Gasteiger partial charge in [-0.1, -0.05) is 30.7 Å². The third-order valence-electron chi connectivity index (χ3n) is 5.89. The second-order valence-electron chi connectivity index (χ2n) is 7.51. The number of H-pyrrole nitrogens is 1. The molecule has 1 aliphatic rings. The fourth-order valence-corrected chi connectivity index (χ4v) is 3.89. The minimum Gasteiger partial charge on any atom is -0.347 e. The lowest BCUT2D eigenvalue weighted by Gasteiger charge is -2.44. The van der Waals surface area contributed by atoms with Gasteiger partial charge in [-0.3, -0.25) is 4.98 Å². The van der Waals surface area contributed by atoms with E-state index in [1.54, 1.807) is 0 Å². The van der Waals surface area contributed by atoms with E-state index in [0.29, 0.717) is 0 Å². The summed E-state index contributed by atoms with van der Waals surface area (Å²) in [6.45, 7) is 5.33. The smallest absolute Gasteiger partial charge is 0.127 e. The van der Waals surface area contributed by atoms with Crippen LogP contribution in [0.1, 0.15) is 53.4 Å². The van der Waals surface area contributed by atoms with Gasteiger partial charge in [-0.25, -0.2) is 4.98 Å². The van der Waals surface area contributed by atoms with Gasteiger partial charge in [0.1, 0.15) is 5.82 Å². The molecule has 2 aromatic heterocycles. The maximum atomic E-state index is 4.49. The first-order valence-electron chi connectivity index (χ1n) is 9.38. The van der Waals surface area contributed by atoms with Crippen molar-refractivity contribution in [2.45, 2.75) is 44.6 Å². The van der Waals surface area contributed by atoms with Crippen LogP contribution in [-0.4, -0.2) is 21.5 Å². The van der Waals surface area contributed by atoms with Crippen molar-refractivity contribution in [1.82, 2.24) is 20.3 Å². The molecule has 4 nitrogen and oxygen atoms in total. The standard InChI is InChI=1S/C22H26N4/c1-16-6-7-19(13-17(16)2)22(8-4-9-22)15-26-20(21-24-11-12-25-21)18-5-3-10-23-14-18/h3,5-7,10-14,20,26H,4,8-9,15H2,1-2H3,(H,24,25). The zero-order valence-electron chi connectivity index (χ0n) is 15.5. The van der Waals surface area contributed by atoms with Gasteiger partial charge in [0.05, 0.1) is 6.04 Å². The average Bonchev–Trinajstić information content (AvgIpc) is 3.15. The molecule has 1 aliphatic carbocycles. The number of nitrogens with one attached hydrogen (secondary N) is 2. The number of pyridine rings is 1. The first-order chi connectivity index (χ1) is 12.7. The van der Waals surface area contributed by atoms with Crippen molar-refractivity contribution in [3.8, 4) is 0 Å². The Hall–Kier alpha value is -2.46. The Kier molecular flexibility index (Phi) is 4.60. The van der Waals surface area contributed by atoms with Gasteiger partial charge in [-0.05, 0) is 55.0 Å². The van der Waals surface area contributed by atoms with E-state index in [0.717, 1.165) is 17.9 Å². The molecule has 0 amide bonds. The van der Waals surface area contributed by atoms with Crippen LogP contribution in [0.15, 0.2) is 55.1 Å². The third kappa shape index (κ3) is 3.17. The Labute approximate surface area is 155 Å². The molecule has 1 fully saturated rings. The lowest BCUT2D eigenvalue weighted by atomic mass is 9.64. The van der Waals surface area contributed by atoms with Gasteiger partial charge < -0.3 is 10.3 Å². The predicted molar refractivity (Wildman–Crippen MR) is 104 cm³/mol. The zero-order chi connectivity index (χ0) is 18.0. The Bertz CT molecular complexity index is 851. The first-order valence-corrected chi connectivity index (χ1v) is 9.38. The molecule has 0 spiro atoms. The highest BCUT2D eigenvalue weighted by atomic mass is 15.0. The number of aryl methyl sites for hydroxylation is 2. The Morgan fingerprint density at radius 3 is 2.65 bits per heavy atom. The van der Waals surface area contributed by atoms with Crippen molar-refractivity contribution in [3.63, 3.8) is 0 Å². The van der Waals surface area contributed by atoms with Crippen LogP contribution in [-0.2, 0) is 5.41 Å². The number of imidazole rings is 1. The van der Waals surface area contributed by atoms with Crippen LogP contribution in [0, 0.1) is 13.8 Å². The fourth-order valence-electron chi connectivity index (χ4n) is 3.89. The molecule has 4 heteroatoms. The van der Waals surface area contributed by atoms with Crippen LogP contribution >= 0.6 is 0 Å². The molecule has 134 valence electrons. The van der Waals surface area contributed by atoms with Crippen molar-refractivity contribution in [1.29, 1.82) is 0 Å². The summed E-state index contributed by atoms with van der Waals surface area (Å²) >= 11 is 0. The van der Waals surface area contributed by atoms with E-state index in [4.69, 9.17) is 0 Å². The third-order valence-corrected chi connectivity index (χ3v) is 5.89. The summed E-state index contributed by atoms with van der Waals surface area (Å²) in [7, 11) is 0. The minimum atomic E-state index is 0.0303. The Morgan fingerprint density at radius 2 is 2.04 bits per heavy atom. The molecule has 2 N–H and O–H groups in total. The van der Waals surface area contributed by atoms with Gasteiger partial charge in [0.2, 0.25) is 0 Å². The van der Waals surface area contributed by atoms with Gasteiger partial charge in [-0.15, -0.1) is 0 Å². The number of nitrogens with zero attached hydrogens (tertiary/aromatic N) is 2. The van der Waals surface area contributed by atoms with Crippen LogP contribution in [0.2, 0.25) is 0 Å². The normalized spacial score (nSPS) is 16.8. The number of benzene rings is 1. The average molecular weight is 346 g/mol. The zero-order valence-corrected chi connectivity index (χ0v) is 15.5. The summed E-state index contributed by atoms with van der Waals surface area (Å²) in [4.78, 5) is 12.0. The maximum Gasteiger partial charge on any atom is 0.127 e. The van der Waals surface area contributed by atoms with Crippen LogP contribution in [0.25, 0.3) is 0 Å². The second kappa shape index (κ2) is 7.04. The van der Waals surface area contributed by atoms with Gasteiger partial charge in [-0.2, -0.15) is 0 Å². The molecule has 26 heavy (non-hydrogen) atoms. The summed E-state index contributed by atoms with van der Waals surface area (Å²) in [5, 5.41) is 3.78. The van der Waals surface area contributed by atoms with Crippen molar-refractivity contribution in [2.24, 2.45) is 0 Å². The molecule has 2 heterocycles. The predicted octanol–water partition coefficient (Wildman–Crippen LogP) is 4.22. The van der Waals surface area contributed by atoms with Crippen LogP contribution in [0.4, 0.5) is 0 Å². The lowest BCUT2D eigenvalue weighted by Crippen LogP contribution is -2.45. The summed E-state index contributed by atoms with van der Waals surface area (Å²) in [5.74, 6) is 0.938. The molecule has 3 aromatic rings. The van der Waals surface area contributed by atoms with E-state index >= 15 is 0 Å². The Morgan fingerprint density at radius 1 is 1.15 bits per heavy atom. The molecule has 1 aromatic carbocycles. The number of aromatic nitrogens is 3. The summed E-state index contributed by atoms with van der Waals surface area (Å²) < 4.78 is 0. The lowest BCUT2D eigenvalue weighted by molar-refractivity contribution is 0.228. The van der Waals surface area contributed by atoms with Crippen LogP contribution < -0.4 is 5.32 Å². The molecule has 4 rings (SSSR count). The molecule has 1 unspecified atom stereocenters. The van der Waals surface area contributed by atoms with E-state index < -0.39 is 0 Å². The van der Waals surface area contributed by atoms with Crippen molar-refractivity contribution < 1.29 is 0 Å². The highest BCUT2D eigenvalue weighted by Crippen LogP contribution is 2.44. The SMILES string of the molecule is Cc1ccc(C2(CNC(c3cccnc3)c3ncc[nH]3)CCC2)cc1C. The van der Waals surface area contributed by atoms with Gasteiger partial charge in [0, 0.05) is 36.7 Å². The summed E-state index contributed by atoms with van der Waals surface area (Å²) in [6, 6.07) is 11.1. The van der Waals surface area contributed by atoms with Crippen molar-refractivity contribution in [2.75, 3.05) is 6.54 Å². The van der Waals surface area contributed by atoms with Gasteiger partial charge in [0.25, 0.3) is 0 Å². The Balaban J connectivity index is 1.59. The quantitative estimate of drug-likeness (QED) is 0.702. The maximum absolute atomic E-state index is 4.49.